The first-order valence-corrected chi connectivity index (χ1v) is 6.69. The van der Waals surface area contributed by atoms with Gasteiger partial charge < -0.3 is 4.57 Å². The molecule has 1 saturated carbocycles. The Morgan fingerprint density at radius 2 is 2.18 bits per heavy atom. The fourth-order valence-corrected chi connectivity index (χ4v) is 2.64. The zero-order chi connectivity index (χ0) is 12.0. The topological polar surface area (TPSA) is 35.6 Å². The van der Waals surface area contributed by atoms with Crippen molar-refractivity contribution in [2.45, 2.75) is 38.6 Å². The quantitative estimate of drug-likeness (QED) is 0.785. The van der Waals surface area contributed by atoms with Gasteiger partial charge in [0.2, 0.25) is 0 Å². The number of nitrogens with zero attached hydrogens (tertiary/aromatic N) is 4. The molecule has 0 aromatic carbocycles. The van der Waals surface area contributed by atoms with Crippen molar-refractivity contribution in [3.05, 3.63) is 11.5 Å². The molecule has 1 aliphatic rings. The Labute approximate surface area is 106 Å². The Hall–Kier alpha value is -1.03. The molecule has 2 aromatic rings. The van der Waals surface area contributed by atoms with Gasteiger partial charge in [-0.3, -0.25) is 4.68 Å². The van der Waals surface area contributed by atoms with Crippen molar-refractivity contribution in [3.63, 3.8) is 0 Å². The number of aryl methyl sites for hydroxylation is 3. The van der Waals surface area contributed by atoms with Crippen molar-refractivity contribution in [3.8, 4) is 0 Å². The van der Waals surface area contributed by atoms with E-state index in [1.807, 2.05) is 18.7 Å². The minimum absolute atomic E-state index is 0.471. The average molecular weight is 253 g/mol. The Balaban J connectivity index is 2.04. The minimum atomic E-state index is 0.471. The van der Waals surface area contributed by atoms with Gasteiger partial charge in [-0.2, -0.15) is 5.10 Å². The Morgan fingerprint density at radius 1 is 1.41 bits per heavy atom. The summed E-state index contributed by atoms with van der Waals surface area (Å²) in [4.78, 5) is 4.60. The minimum Gasteiger partial charge on any atom is -0.312 e. The van der Waals surface area contributed by atoms with Gasteiger partial charge in [0.25, 0.3) is 0 Å². The summed E-state index contributed by atoms with van der Waals surface area (Å²) in [5.74, 6) is 2.36. The summed E-state index contributed by atoms with van der Waals surface area (Å²) in [6.45, 7) is 3.01. The number of aromatic nitrogens is 4. The first kappa shape index (κ1) is 11.1. The number of imidazole rings is 1. The molecule has 0 radical (unpaired) electrons. The number of hydrogen-bond acceptors (Lipinski definition) is 2. The molecular formula is C12H17ClN4. The third kappa shape index (κ3) is 1.84. The smallest absolute Gasteiger partial charge is 0.158 e. The molecule has 4 nitrogen and oxygen atoms in total. The van der Waals surface area contributed by atoms with Gasteiger partial charge in [0, 0.05) is 13.6 Å². The van der Waals surface area contributed by atoms with Crippen LogP contribution in [-0.2, 0) is 19.5 Å². The molecule has 17 heavy (non-hydrogen) atoms. The number of rotatable bonds is 4. The van der Waals surface area contributed by atoms with E-state index < -0.39 is 0 Å². The molecule has 92 valence electrons. The first-order valence-electron chi connectivity index (χ1n) is 6.15. The van der Waals surface area contributed by atoms with Crippen molar-refractivity contribution in [2.75, 3.05) is 0 Å². The number of alkyl halides is 1. The second-order valence-corrected chi connectivity index (χ2v) is 5.19. The van der Waals surface area contributed by atoms with Gasteiger partial charge >= 0.3 is 0 Å². The standard InChI is InChI=1S/C12H17ClN4/c1-8-11-12(16(2)15-8)17(10(7-13)14-11)6-5-9-3-4-9/h9H,3-7H2,1-2H3. The van der Waals surface area contributed by atoms with Gasteiger partial charge in [0.1, 0.15) is 11.3 Å². The van der Waals surface area contributed by atoms with E-state index in [1.165, 1.54) is 19.3 Å². The van der Waals surface area contributed by atoms with Gasteiger partial charge in [-0.1, -0.05) is 12.8 Å². The lowest BCUT2D eigenvalue weighted by Gasteiger charge is -2.07. The van der Waals surface area contributed by atoms with Crippen LogP contribution in [0.25, 0.3) is 11.2 Å². The fraction of sp³-hybridized carbons (Fsp3) is 0.667. The number of hydrogen-bond donors (Lipinski definition) is 0. The summed E-state index contributed by atoms with van der Waals surface area (Å²) < 4.78 is 4.15. The largest absolute Gasteiger partial charge is 0.312 e. The predicted octanol–water partition coefficient (Wildman–Crippen LogP) is 2.62. The molecule has 0 bridgehead atoms. The maximum Gasteiger partial charge on any atom is 0.158 e. The van der Waals surface area contributed by atoms with Crippen LogP contribution < -0.4 is 0 Å². The van der Waals surface area contributed by atoms with Crippen molar-refractivity contribution in [2.24, 2.45) is 13.0 Å². The van der Waals surface area contributed by atoms with Crippen LogP contribution in [0.5, 0.6) is 0 Å². The van der Waals surface area contributed by atoms with Crippen LogP contribution in [0.1, 0.15) is 30.8 Å². The molecule has 2 aromatic heterocycles. The van der Waals surface area contributed by atoms with Gasteiger partial charge in [-0.15, -0.1) is 11.6 Å². The average Bonchev–Trinajstić information content (AvgIpc) is 2.99. The monoisotopic (exact) mass is 252 g/mol. The third-order valence-electron chi connectivity index (χ3n) is 3.55. The SMILES string of the molecule is Cc1nn(C)c2c1nc(CCl)n2CCC1CC1. The lowest BCUT2D eigenvalue weighted by Crippen LogP contribution is -2.07. The molecule has 0 N–H and O–H groups in total. The second-order valence-electron chi connectivity index (χ2n) is 4.93. The molecule has 0 unspecified atom stereocenters. The number of halogens is 1. The van der Waals surface area contributed by atoms with E-state index in [1.54, 1.807) is 0 Å². The molecule has 1 aliphatic carbocycles. The zero-order valence-corrected chi connectivity index (χ0v) is 11.0. The zero-order valence-electron chi connectivity index (χ0n) is 10.3. The van der Waals surface area contributed by atoms with E-state index in [0.29, 0.717) is 5.88 Å². The number of fused-ring (bicyclic) bond motifs is 1. The molecular weight excluding hydrogens is 236 g/mol. The Morgan fingerprint density at radius 3 is 2.82 bits per heavy atom. The van der Waals surface area contributed by atoms with Crippen LogP contribution in [0.3, 0.4) is 0 Å². The van der Waals surface area contributed by atoms with Crippen LogP contribution in [0.15, 0.2) is 0 Å². The summed E-state index contributed by atoms with van der Waals surface area (Å²) in [5.41, 5.74) is 3.09. The highest BCUT2D eigenvalue weighted by Gasteiger charge is 2.23. The second kappa shape index (κ2) is 4.02. The van der Waals surface area contributed by atoms with Crippen LogP contribution in [0.4, 0.5) is 0 Å². The van der Waals surface area contributed by atoms with Crippen LogP contribution in [0, 0.1) is 12.8 Å². The van der Waals surface area contributed by atoms with E-state index in [9.17, 15) is 0 Å². The van der Waals surface area contributed by atoms with E-state index in [2.05, 4.69) is 14.6 Å². The molecule has 2 heterocycles. The lowest BCUT2D eigenvalue weighted by molar-refractivity contribution is 0.580. The molecule has 1 fully saturated rings. The van der Waals surface area contributed by atoms with Crippen molar-refractivity contribution in [1.82, 2.24) is 19.3 Å². The summed E-state index contributed by atoms with van der Waals surface area (Å²) in [6.07, 6.45) is 4.01. The summed E-state index contributed by atoms with van der Waals surface area (Å²) in [7, 11) is 1.97. The normalized spacial score (nSPS) is 15.9. The van der Waals surface area contributed by atoms with E-state index in [0.717, 1.165) is 35.1 Å². The highest BCUT2D eigenvalue weighted by atomic mass is 35.5. The van der Waals surface area contributed by atoms with Gasteiger partial charge in [-0.05, 0) is 19.3 Å². The molecule has 5 heteroatoms. The van der Waals surface area contributed by atoms with E-state index in [-0.39, 0.29) is 0 Å². The highest BCUT2D eigenvalue weighted by Crippen LogP contribution is 2.33. The third-order valence-corrected chi connectivity index (χ3v) is 3.79. The lowest BCUT2D eigenvalue weighted by atomic mass is 10.3. The molecule has 3 rings (SSSR count). The molecule has 0 amide bonds. The molecule has 0 atom stereocenters. The van der Waals surface area contributed by atoms with Gasteiger partial charge in [0.15, 0.2) is 5.65 Å². The fourth-order valence-electron chi connectivity index (χ4n) is 2.44. The molecule has 0 spiro atoms. The molecule has 0 aliphatic heterocycles. The Kier molecular flexibility index (Phi) is 2.62. The molecule has 0 saturated heterocycles. The Bertz CT molecular complexity index is 550. The maximum atomic E-state index is 5.98. The van der Waals surface area contributed by atoms with Gasteiger partial charge in [0.05, 0.1) is 11.6 Å². The van der Waals surface area contributed by atoms with Crippen molar-refractivity contribution in [1.29, 1.82) is 0 Å². The summed E-state index contributed by atoms with van der Waals surface area (Å²) >= 11 is 5.98. The van der Waals surface area contributed by atoms with Gasteiger partial charge in [-0.25, -0.2) is 4.98 Å². The maximum absolute atomic E-state index is 5.98. The van der Waals surface area contributed by atoms with E-state index >= 15 is 0 Å². The van der Waals surface area contributed by atoms with Crippen LogP contribution >= 0.6 is 11.6 Å². The van der Waals surface area contributed by atoms with Crippen molar-refractivity contribution < 1.29 is 0 Å². The van der Waals surface area contributed by atoms with E-state index in [4.69, 9.17) is 11.6 Å². The summed E-state index contributed by atoms with van der Waals surface area (Å²) in [5, 5.41) is 4.42. The van der Waals surface area contributed by atoms with Crippen LogP contribution in [-0.4, -0.2) is 19.3 Å². The first-order chi connectivity index (χ1) is 8.20. The highest BCUT2D eigenvalue weighted by molar-refractivity contribution is 6.16. The predicted molar refractivity (Wildman–Crippen MR) is 68.1 cm³/mol. The summed E-state index contributed by atoms with van der Waals surface area (Å²) in [6, 6.07) is 0. The van der Waals surface area contributed by atoms with Crippen LogP contribution in [0.2, 0.25) is 0 Å². The van der Waals surface area contributed by atoms with Crippen molar-refractivity contribution >= 4 is 22.8 Å².